The standard InChI is InChI=1S/C19H20F3N7O/c1-11-6-12(2-4-23-11)17-14-8-24-16(7-15(14)27-28-17)26-18(30)25-13-3-5-29(9-13)10-19(20,21)22/h2,4,6-8,13H,3,5,9-10H2,1H3,(H,27,28)(H2,24,25,26,30). The van der Waals surface area contributed by atoms with Gasteiger partial charge in [0.25, 0.3) is 0 Å². The number of nitrogens with one attached hydrogen (secondary N) is 3. The number of aromatic nitrogens is 4. The van der Waals surface area contributed by atoms with E-state index < -0.39 is 18.8 Å². The second-order valence-electron chi connectivity index (χ2n) is 7.31. The Morgan fingerprint density at radius 1 is 1.33 bits per heavy atom. The minimum atomic E-state index is -4.24. The highest BCUT2D eigenvalue weighted by atomic mass is 19.4. The van der Waals surface area contributed by atoms with Gasteiger partial charge in [-0.2, -0.15) is 18.3 Å². The maximum atomic E-state index is 12.5. The molecule has 3 aromatic rings. The third-order valence-corrected chi connectivity index (χ3v) is 4.87. The minimum absolute atomic E-state index is 0.161. The summed E-state index contributed by atoms with van der Waals surface area (Å²) in [6.45, 7) is 1.38. The average molecular weight is 419 g/mol. The van der Waals surface area contributed by atoms with E-state index in [1.54, 1.807) is 18.5 Å². The lowest BCUT2D eigenvalue weighted by atomic mass is 10.1. The van der Waals surface area contributed by atoms with Gasteiger partial charge in [-0.3, -0.25) is 20.3 Å². The van der Waals surface area contributed by atoms with Crippen LogP contribution in [0.3, 0.4) is 0 Å². The van der Waals surface area contributed by atoms with Crippen LogP contribution in [0.25, 0.3) is 22.2 Å². The molecule has 0 aliphatic carbocycles. The van der Waals surface area contributed by atoms with Gasteiger partial charge < -0.3 is 5.32 Å². The highest BCUT2D eigenvalue weighted by molar-refractivity contribution is 5.95. The van der Waals surface area contributed by atoms with Gasteiger partial charge in [-0.1, -0.05) is 0 Å². The molecule has 0 aromatic carbocycles. The number of nitrogens with zero attached hydrogens (tertiary/aromatic N) is 4. The fraction of sp³-hybridized carbons (Fsp3) is 0.368. The van der Waals surface area contributed by atoms with Gasteiger partial charge >= 0.3 is 12.2 Å². The molecule has 0 radical (unpaired) electrons. The lowest BCUT2D eigenvalue weighted by molar-refractivity contribution is -0.143. The number of hydrogen-bond acceptors (Lipinski definition) is 5. The Kier molecular flexibility index (Phi) is 5.29. The molecule has 30 heavy (non-hydrogen) atoms. The first-order chi connectivity index (χ1) is 14.3. The first kappa shape index (κ1) is 20.1. The Balaban J connectivity index is 1.39. The molecule has 0 spiro atoms. The second kappa shape index (κ2) is 7.90. The van der Waals surface area contributed by atoms with Crippen molar-refractivity contribution in [1.82, 2.24) is 30.4 Å². The second-order valence-corrected chi connectivity index (χ2v) is 7.31. The Morgan fingerprint density at radius 2 is 2.17 bits per heavy atom. The molecule has 1 aliphatic heterocycles. The van der Waals surface area contributed by atoms with E-state index in [1.165, 1.54) is 4.90 Å². The van der Waals surface area contributed by atoms with Crippen LogP contribution in [0.1, 0.15) is 12.1 Å². The van der Waals surface area contributed by atoms with E-state index in [1.807, 2.05) is 19.1 Å². The van der Waals surface area contributed by atoms with Crippen molar-refractivity contribution in [3.05, 3.63) is 36.3 Å². The van der Waals surface area contributed by atoms with Gasteiger partial charge in [0.05, 0.1) is 12.1 Å². The van der Waals surface area contributed by atoms with E-state index in [-0.39, 0.29) is 12.6 Å². The Morgan fingerprint density at radius 3 is 2.93 bits per heavy atom. The average Bonchev–Trinajstić information content (AvgIpc) is 3.26. The van der Waals surface area contributed by atoms with E-state index in [0.717, 1.165) is 22.3 Å². The smallest absolute Gasteiger partial charge is 0.334 e. The van der Waals surface area contributed by atoms with Crippen molar-refractivity contribution < 1.29 is 18.0 Å². The fourth-order valence-corrected chi connectivity index (χ4v) is 3.58. The number of halogens is 3. The van der Waals surface area contributed by atoms with Gasteiger partial charge in [0, 0.05) is 54.2 Å². The number of amides is 2. The Labute approximate surface area is 169 Å². The number of urea groups is 1. The molecule has 4 rings (SSSR count). The summed E-state index contributed by atoms with van der Waals surface area (Å²) in [5, 5.41) is 13.4. The lowest BCUT2D eigenvalue weighted by Crippen LogP contribution is -2.41. The molecule has 8 nitrogen and oxygen atoms in total. The lowest BCUT2D eigenvalue weighted by Gasteiger charge is -2.18. The summed E-state index contributed by atoms with van der Waals surface area (Å²) in [6.07, 6.45) is -0.461. The molecule has 4 heterocycles. The van der Waals surface area contributed by atoms with Crippen LogP contribution < -0.4 is 10.6 Å². The number of fused-ring (bicyclic) bond motifs is 1. The number of aryl methyl sites for hydroxylation is 1. The van der Waals surface area contributed by atoms with Gasteiger partial charge in [0.15, 0.2) is 0 Å². The Hall–Kier alpha value is -3.21. The largest absolute Gasteiger partial charge is 0.401 e. The van der Waals surface area contributed by atoms with Crippen LogP contribution in [0, 0.1) is 6.92 Å². The summed E-state index contributed by atoms with van der Waals surface area (Å²) in [4.78, 5) is 21.9. The van der Waals surface area contributed by atoms with Crippen molar-refractivity contribution in [2.24, 2.45) is 0 Å². The summed E-state index contributed by atoms with van der Waals surface area (Å²) in [5.74, 6) is 0.311. The minimum Gasteiger partial charge on any atom is -0.334 e. The van der Waals surface area contributed by atoms with Crippen molar-refractivity contribution >= 4 is 22.8 Å². The maximum absolute atomic E-state index is 12.5. The van der Waals surface area contributed by atoms with Crippen molar-refractivity contribution in [2.45, 2.75) is 25.6 Å². The molecule has 3 N–H and O–H groups in total. The zero-order valence-corrected chi connectivity index (χ0v) is 16.1. The van der Waals surface area contributed by atoms with Crippen LogP contribution in [0.5, 0.6) is 0 Å². The molecule has 1 fully saturated rings. The SMILES string of the molecule is Cc1cc(-c2n[nH]c3cc(NC(=O)NC4CCN(CC(F)(F)F)C4)ncc23)ccn1. The molecule has 2 amide bonds. The number of alkyl halides is 3. The van der Waals surface area contributed by atoms with Crippen molar-refractivity contribution in [1.29, 1.82) is 0 Å². The van der Waals surface area contributed by atoms with Crippen molar-refractivity contribution in [3.63, 3.8) is 0 Å². The van der Waals surface area contributed by atoms with E-state index in [2.05, 4.69) is 30.8 Å². The predicted molar refractivity (Wildman–Crippen MR) is 105 cm³/mol. The number of aromatic amines is 1. The van der Waals surface area contributed by atoms with Crippen LogP contribution in [-0.4, -0.2) is 62.9 Å². The van der Waals surface area contributed by atoms with Gasteiger partial charge in [0.1, 0.15) is 11.5 Å². The molecule has 11 heteroatoms. The summed E-state index contributed by atoms with van der Waals surface area (Å²) in [5.41, 5.74) is 3.20. The normalized spacial score (nSPS) is 17.4. The van der Waals surface area contributed by atoms with E-state index in [0.29, 0.717) is 24.3 Å². The quantitative estimate of drug-likeness (QED) is 0.604. The first-order valence-corrected chi connectivity index (χ1v) is 9.40. The number of anilines is 1. The number of likely N-dealkylation sites (tertiary alicyclic amines) is 1. The maximum Gasteiger partial charge on any atom is 0.401 e. The molecule has 1 atom stereocenters. The third-order valence-electron chi connectivity index (χ3n) is 4.87. The molecule has 1 unspecified atom stereocenters. The zero-order chi connectivity index (χ0) is 21.3. The van der Waals surface area contributed by atoms with Gasteiger partial charge in [-0.25, -0.2) is 9.78 Å². The highest BCUT2D eigenvalue weighted by Crippen LogP contribution is 2.27. The summed E-state index contributed by atoms with van der Waals surface area (Å²) in [7, 11) is 0. The van der Waals surface area contributed by atoms with Crippen LogP contribution in [0.2, 0.25) is 0 Å². The number of carbonyl (C=O) groups excluding carboxylic acids is 1. The third kappa shape index (κ3) is 4.67. The molecule has 158 valence electrons. The summed E-state index contributed by atoms with van der Waals surface area (Å²) < 4.78 is 37.4. The van der Waals surface area contributed by atoms with Crippen molar-refractivity contribution in [2.75, 3.05) is 25.0 Å². The van der Waals surface area contributed by atoms with E-state index in [9.17, 15) is 18.0 Å². The molecule has 0 saturated carbocycles. The molecular formula is C19H20F3N7O. The number of H-pyrrole nitrogens is 1. The van der Waals surface area contributed by atoms with Gasteiger partial charge in [0.2, 0.25) is 0 Å². The number of hydrogen-bond donors (Lipinski definition) is 3. The number of carbonyl (C=O) groups is 1. The number of rotatable bonds is 4. The van der Waals surface area contributed by atoms with Crippen LogP contribution in [0.4, 0.5) is 23.8 Å². The first-order valence-electron chi connectivity index (χ1n) is 9.40. The van der Waals surface area contributed by atoms with Gasteiger partial charge in [-0.15, -0.1) is 0 Å². The monoisotopic (exact) mass is 419 g/mol. The summed E-state index contributed by atoms with van der Waals surface area (Å²) >= 11 is 0. The molecule has 0 bridgehead atoms. The Bertz CT molecular complexity index is 1070. The van der Waals surface area contributed by atoms with Gasteiger partial charge in [-0.05, 0) is 25.5 Å². The topological polar surface area (TPSA) is 98.8 Å². The van der Waals surface area contributed by atoms with E-state index >= 15 is 0 Å². The molecule has 3 aromatic heterocycles. The highest BCUT2D eigenvalue weighted by Gasteiger charge is 2.34. The molecule has 1 saturated heterocycles. The van der Waals surface area contributed by atoms with E-state index in [4.69, 9.17) is 0 Å². The van der Waals surface area contributed by atoms with Crippen LogP contribution >= 0.6 is 0 Å². The number of pyridine rings is 2. The summed E-state index contributed by atoms with van der Waals surface area (Å²) in [6, 6.07) is 4.57. The molecular weight excluding hydrogens is 399 g/mol. The van der Waals surface area contributed by atoms with Crippen molar-refractivity contribution in [3.8, 4) is 11.3 Å². The van der Waals surface area contributed by atoms with Crippen LogP contribution in [-0.2, 0) is 0 Å². The zero-order valence-electron chi connectivity index (χ0n) is 16.1. The predicted octanol–water partition coefficient (Wildman–Crippen LogP) is 3.09. The van der Waals surface area contributed by atoms with Crippen LogP contribution in [0.15, 0.2) is 30.6 Å². The molecule has 1 aliphatic rings. The fourth-order valence-electron chi connectivity index (χ4n) is 3.58.